The molecule has 0 amide bonds. The van der Waals surface area contributed by atoms with Crippen LogP contribution in [-0.4, -0.2) is 19.2 Å². The van der Waals surface area contributed by atoms with E-state index in [0.717, 1.165) is 40.9 Å². The van der Waals surface area contributed by atoms with Gasteiger partial charge in [-0.2, -0.15) is 0 Å². The molecule has 0 saturated carbocycles. The molecule has 2 aliphatic carbocycles. The molecule has 1 atom stereocenters. The number of allylic oxidation sites excluding steroid dienone is 2. The van der Waals surface area contributed by atoms with Crippen molar-refractivity contribution in [3.8, 4) is 0 Å². The smallest absolute Gasteiger partial charge is 0.119 e. The molecule has 0 aromatic heterocycles. The molecule has 0 radical (unpaired) electrons. The molecule has 5 N–H and O–H groups in total. The third-order valence-corrected chi connectivity index (χ3v) is 5.93. The first-order valence-electron chi connectivity index (χ1n) is 8.82. The molecule has 140 valence electrons. The fourth-order valence-electron chi connectivity index (χ4n) is 4.15. The molecule has 27 heavy (non-hydrogen) atoms. The van der Waals surface area contributed by atoms with Crippen molar-refractivity contribution in [1.29, 1.82) is 0 Å². The van der Waals surface area contributed by atoms with Crippen LogP contribution in [0.15, 0.2) is 70.8 Å². The van der Waals surface area contributed by atoms with Crippen molar-refractivity contribution in [3.05, 3.63) is 86.4 Å². The van der Waals surface area contributed by atoms with Gasteiger partial charge in [-0.25, -0.2) is 0 Å². The Kier molecular flexibility index (Phi) is 4.58. The standard InChI is InChI=1S/C21H21Cl2N3O/c1-27-14-7-8-21-12(9-14)3-2-4-17(21)19(16(11-24)20(25)26-21)15-6-5-13(22)10-18(15)23/h3,5-10,26H,2,4,11,24-25H2,1H3. The molecular weight excluding hydrogens is 381 g/mol. The van der Waals surface area contributed by atoms with Crippen LogP contribution in [0, 0.1) is 0 Å². The second-order valence-corrected chi connectivity index (χ2v) is 7.63. The summed E-state index contributed by atoms with van der Waals surface area (Å²) in [6.07, 6.45) is 10.1. The molecule has 0 fully saturated rings. The molecule has 4 nitrogen and oxygen atoms in total. The van der Waals surface area contributed by atoms with Crippen molar-refractivity contribution in [2.45, 2.75) is 18.4 Å². The second-order valence-electron chi connectivity index (χ2n) is 6.79. The highest BCUT2D eigenvalue weighted by molar-refractivity contribution is 6.36. The lowest BCUT2D eigenvalue weighted by Gasteiger charge is -2.46. The molecular formula is C21H21Cl2N3O. The molecule has 3 aliphatic rings. The van der Waals surface area contributed by atoms with E-state index in [1.54, 1.807) is 13.2 Å². The summed E-state index contributed by atoms with van der Waals surface area (Å²) in [4.78, 5) is 0. The third-order valence-electron chi connectivity index (χ3n) is 5.39. The topological polar surface area (TPSA) is 73.3 Å². The monoisotopic (exact) mass is 401 g/mol. The summed E-state index contributed by atoms with van der Waals surface area (Å²) in [5, 5.41) is 4.69. The Balaban J connectivity index is 1.99. The lowest BCUT2D eigenvalue weighted by Crippen LogP contribution is -2.53. The first kappa shape index (κ1) is 18.2. The van der Waals surface area contributed by atoms with Gasteiger partial charge in [0.15, 0.2) is 0 Å². The fraction of sp³-hybridized carbons (Fsp3) is 0.238. The van der Waals surface area contributed by atoms with Gasteiger partial charge in [-0.05, 0) is 59.9 Å². The number of halogens is 2. The van der Waals surface area contributed by atoms with Crippen molar-refractivity contribution in [1.82, 2.24) is 5.32 Å². The third kappa shape index (κ3) is 2.80. The van der Waals surface area contributed by atoms with E-state index in [1.165, 1.54) is 5.57 Å². The zero-order valence-electron chi connectivity index (χ0n) is 15.0. The van der Waals surface area contributed by atoms with Gasteiger partial charge >= 0.3 is 0 Å². The van der Waals surface area contributed by atoms with Crippen molar-refractivity contribution in [3.63, 3.8) is 0 Å². The van der Waals surface area contributed by atoms with Gasteiger partial charge in [0, 0.05) is 27.7 Å². The van der Waals surface area contributed by atoms with Crippen LogP contribution in [-0.2, 0) is 4.74 Å². The van der Waals surface area contributed by atoms with Gasteiger partial charge in [0.25, 0.3) is 0 Å². The van der Waals surface area contributed by atoms with Gasteiger partial charge < -0.3 is 21.5 Å². The normalized spacial score (nSPS) is 24.0. The maximum absolute atomic E-state index is 6.57. The molecule has 1 heterocycles. The fourth-order valence-corrected chi connectivity index (χ4v) is 4.66. The summed E-state index contributed by atoms with van der Waals surface area (Å²) >= 11 is 12.7. The predicted octanol–water partition coefficient (Wildman–Crippen LogP) is 4.04. The highest BCUT2D eigenvalue weighted by Crippen LogP contribution is 2.48. The molecule has 1 unspecified atom stereocenters. The molecule has 0 bridgehead atoms. The number of nitrogens with one attached hydrogen (secondary N) is 1. The first-order chi connectivity index (χ1) is 13.0. The zero-order valence-corrected chi connectivity index (χ0v) is 16.5. The molecule has 1 aromatic rings. The number of benzene rings is 1. The van der Waals surface area contributed by atoms with E-state index >= 15 is 0 Å². The molecule has 1 spiro atoms. The number of nitrogens with two attached hydrogens (primary N) is 2. The summed E-state index contributed by atoms with van der Waals surface area (Å²) < 4.78 is 5.42. The second kappa shape index (κ2) is 6.79. The van der Waals surface area contributed by atoms with Crippen LogP contribution >= 0.6 is 23.2 Å². The minimum Gasteiger partial charge on any atom is -0.497 e. The summed E-state index contributed by atoms with van der Waals surface area (Å²) in [6.45, 7) is 0.314. The van der Waals surface area contributed by atoms with Crippen molar-refractivity contribution >= 4 is 28.8 Å². The van der Waals surface area contributed by atoms with E-state index in [2.05, 4.69) is 17.5 Å². The quantitative estimate of drug-likeness (QED) is 0.714. The lowest BCUT2D eigenvalue weighted by atomic mass is 9.68. The molecule has 0 saturated heterocycles. The van der Waals surface area contributed by atoms with Gasteiger partial charge in [-0.15, -0.1) is 0 Å². The minimum absolute atomic E-state index is 0.314. The largest absolute Gasteiger partial charge is 0.497 e. The molecule has 1 aliphatic heterocycles. The number of dihydropyridines is 1. The van der Waals surface area contributed by atoms with Gasteiger partial charge in [0.2, 0.25) is 0 Å². The number of ether oxygens (including phenoxy) is 1. The Hall–Kier alpha value is -2.14. The minimum atomic E-state index is -0.513. The highest BCUT2D eigenvalue weighted by atomic mass is 35.5. The van der Waals surface area contributed by atoms with Crippen LogP contribution in [0.4, 0.5) is 0 Å². The van der Waals surface area contributed by atoms with Crippen LogP contribution in [0.5, 0.6) is 0 Å². The van der Waals surface area contributed by atoms with E-state index < -0.39 is 5.54 Å². The first-order valence-corrected chi connectivity index (χ1v) is 9.57. The van der Waals surface area contributed by atoms with E-state index in [0.29, 0.717) is 22.4 Å². The van der Waals surface area contributed by atoms with Crippen molar-refractivity contribution < 1.29 is 4.74 Å². The van der Waals surface area contributed by atoms with Crippen molar-refractivity contribution in [2.75, 3.05) is 13.7 Å². The number of hydrogen-bond donors (Lipinski definition) is 3. The predicted molar refractivity (Wildman–Crippen MR) is 111 cm³/mol. The van der Waals surface area contributed by atoms with E-state index in [9.17, 15) is 0 Å². The van der Waals surface area contributed by atoms with Crippen LogP contribution < -0.4 is 16.8 Å². The maximum atomic E-state index is 6.57. The van der Waals surface area contributed by atoms with E-state index in [4.69, 9.17) is 39.4 Å². The van der Waals surface area contributed by atoms with E-state index in [-0.39, 0.29) is 0 Å². The van der Waals surface area contributed by atoms with Crippen molar-refractivity contribution in [2.24, 2.45) is 11.5 Å². The Morgan fingerprint density at radius 2 is 2.11 bits per heavy atom. The molecule has 1 aromatic carbocycles. The number of methoxy groups -OCH3 is 1. The van der Waals surface area contributed by atoms with Crippen LogP contribution in [0.25, 0.3) is 5.57 Å². The Morgan fingerprint density at radius 1 is 1.30 bits per heavy atom. The van der Waals surface area contributed by atoms with Gasteiger partial charge in [-0.3, -0.25) is 0 Å². The summed E-state index contributed by atoms with van der Waals surface area (Å²) in [6, 6.07) is 5.54. The SMILES string of the molecule is COC1=CC2=CCCC3=C(c4ccc(Cl)cc4Cl)C(CN)=C(N)NC23C=C1. The highest BCUT2D eigenvalue weighted by Gasteiger charge is 2.44. The molecule has 4 rings (SSSR count). The summed E-state index contributed by atoms with van der Waals surface area (Å²) in [5.41, 5.74) is 17.1. The lowest BCUT2D eigenvalue weighted by molar-refractivity contribution is 0.303. The van der Waals surface area contributed by atoms with Crippen LogP contribution in [0.1, 0.15) is 18.4 Å². The van der Waals surface area contributed by atoms with Gasteiger partial charge in [0.05, 0.1) is 7.11 Å². The Bertz CT molecular complexity index is 972. The summed E-state index contributed by atoms with van der Waals surface area (Å²) in [5.74, 6) is 1.38. The van der Waals surface area contributed by atoms with Crippen LogP contribution in [0.3, 0.4) is 0 Å². The average molecular weight is 402 g/mol. The van der Waals surface area contributed by atoms with Crippen LogP contribution in [0.2, 0.25) is 10.0 Å². The number of hydrogen-bond acceptors (Lipinski definition) is 4. The van der Waals surface area contributed by atoms with Gasteiger partial charge in [-0.1, -0.05) is 35.3 Å². The van der Waals surface area contributed by atoms with E-state index in [1.807, 2.05) is 24.3 Å². The molecule has 6 heteroatoms. The maximum Gasteiger partial charge on any atom is 0.119 e. The Labute approximate surface area is 168 Å². The van der Waals surface area contributed by atoms with Gasteiger partial charge in [0.1, 0.15) is 17.1 Å². The Morgan fingerprint density at radius 3 is 2.81 bits per heavy atom. The zero-order chi connectivity index (χ0) is 19.2. The average Bonchev–Trinajstić information content (AvgIpc) is 2.65. The summed E-state index contributed by atoms with van der Waals surface area (Å²) in [7, 11) is 1.67. The number of rotatable bonds is 3.